The minimum atomic E-state index is -0.126. The van der Waals surface area contributed by atoms with Crippen LogP contribution in [0.15, 0.2) is 24.3 Å². The first kappa shape index (κ1) is 15.8. The highest BCUT2D eigenvalue weighted by molar-refractivity contribution is 5.39. The Labute approximate surface area is 126 Å². The first-order valence-electron chi connectivity index (χ1n) is 7.40. The molecule has 0 saturated carbocycles. The van der Waals surface area contributed by atoms with Crippen LogP contribution >= 0.6 is 0 Å². The molecule has 1 fully saturated rings. The van der Waals surface area contributed by atoms with Crippen LogP contribution in [-0.2, 0) is 4.74 Å². The summed E-state index contributed by atoms with van der Waals surface area (Å²) in [4.78, 5) is 2.24. The summed E-state index contributed by atoms with van der Waals surface area (Å²) < 4.78 is 11.4. The maximum Gasteiger partial charge on any atom is 0.120 e. The third-order valence-corrected chi connectivity index (χ3v) is 3.43. The third kappa shape index (κ3) is 5.76. The second-order valence-electron chi connectivity index (χ2n) is 5.23. The number of hydrogen-bond donors (Lipinski definition) is 1. The van der Waals surface area contributed by atoms with E-state index in [-0.39, 0.29) is 6.61 Å². The quantitative estimate of drug-likeness (QED) is 0.806. The monoisotopic (exact) mass is 289 g/mol. The van der Waals surface area contributed by atoms with Crippen molar-refractivity contribution in [3.05, 3.63) is 29.8 Å². The van der Waals surface area contributed by atoms with Crippen molar-refractivity contribution in [2.24, 2.45) is 0 Å². The van der Waals surface area contributed by atoms with Gasteiger partial charge in [0, 0.05) is 25.3 Å². The van der Waals surface area contributed by atoms with Gasteiger partial charge in [0.2, 0.25) is 0 Å². The molecule has 2 rings (SSSR count). The van der Waals surface area contributed by atoms with Crippen molar-refractivity contribution in [1.29, 1.82) is 0 Å². The molecule has 1 aliphatic heterocycles. The Morgan fingerprint density at radius 2 is 2.38 bits per heavy atom. The standard InChI is InChI=1S/C17H23NO3/c1-18(14-17-8-4-11-20-17)9-12-21-16-7-2-5-15(13-16)6-3-10-19/h2,5,7,13,17,19H,4,8-12,14H2,1H3. The zero-order valence-corrected chi connectivity index (χ0v) is 12.5. The molecule has 4 nitrogen and oxygen atoms in total. The molecule has 1 aromatic rings. The number of benzene rings is 1. The van der Waals surface area contributed by atoms with Crippen LogP contribution in [0.5, 0.6) is 5.75 Å². The normalized spacial score (nSPS) is 17.6. The van der Waals surface area contributed by atoms with Crippen molar-refractivity contribution in [2.45, 2.75) is 18.9 Å². The molecule has 0 spiro atoms. The van der Waals surface area contributed by atoms with E-state index in [2.05, 4.69) is 23.8 Å². The summed E-state index contributed by atoms with van der Waals surface area (Å²) in [6.45, 7) is 3.24. The van der Waals surface area contributed by atoms with Gasteiger partial charge in [-0.2, -0.15) is 0 Å². The van der Waals surface area contributed by atoms with Gasteiger partial charge < -0.3 is 19.5 Å². The Morgan fingerprint density at radius 1 is 1.48 bits per heavy atom. The summed E-state index contributed by atoms with van der Waals surface area (Å²) in [5, 5.41) is 8.70. The SMILES string of the molecule is CN(CCOc1cccc(C#CCO)c1)CC1CCCO1. The van der Waals surface area contributed by atoms with Gasteiger partial charge in [-0.15, -0.1) is 0 Å². The number of aliphatic hydroxyl groups is 1. The van der Waals surface area contributed by atoms with Crippen LogP contribution in [0.4, 0.5) is 0 Å². The zero-order chi connectivity index (χ0) is 14.9. The smallest absolute Gasteiger partial charge is 0.120 e. The molecule has 21 heavy (non-hydrogen) atoms. The van der Waals surface area contributed by atoms with Crippen molar-refractivity contribution >= 4 is 0 Å². The zero-order valence-electron chi connectivity index (χ0n) is 12.5. The van der Waals surface area contributed by atoms with Crippen LogP contribution in [0.3, 0.4) is 0 Å². The second kappa shape index (κ2) is 8.68. The maximum atomic E-state index is 8.70. The fourth-order valence-electron chi connectivity index (χ4n) is 2.35. The predicted octanol–water partition coefficient (Wildman–Crippen LogP) is 1.52. The van der Waals surface area contributed by atoms with Crippen LogP contribution < -0.4 is 4.74 Å². The molecule has 1 aliphatic rings. The van der Waals surface area contributed by atoms with Crippen LogP contribution in [0.25, 0.3) is 0 Å². The Balaban J connectivity index is 1.72. The van der Waals surface area contributed by atoms with Gasteiger partial charge in [-0.25, -0.2) is 0 Å². The Morgan fingerprint density at radius 3 is 3.14 bits per heavy atom. The molecule has 4 heteroatoms. The Kier molecular flexibility index (Phi) is 6.55. The number of aliphatic hydroxyl groups excluding tert-OH is 1. The van der Waals surface area contributed by atoms with E-state index in [4.69, 9.17) is 14.6 Å². The fourth-order valence-corrected chi connectivity index (χ4v) is 2.35. The number of likely N-dealkylation sites (N-methyl/N-ethyl adjacent to an activating group) is 1. The molecule has 1 heterocycles. The van der Waals surface area contributed by atoms with Crippen molar-refractivity contribution in [3.63, 3.8) is 0 Å². The largest absolute Gasteiger partial charge is 0.492 e. The van der Waals surface area contributed by atoms with Crippen LogP contribution in [0, 0.1) is 11.8 Å². The summed E-state index contributed by atoms with van der Waals surface area (Å²) in [5.74, 6) is 6.32. The van der Waals surface area contributed by atoms with Gasteiger partial charge in [-0.1, -0.05) is 17.9 Å². The fraction of sp³-hybridized carbons (Fsp3) is 0.529. The van der Waals surface area contributed by atoms with E-state index in [0.717, 1.165) is 37.4 Å². The summed E-state index contributed by atoms with van der Waals surface area (Å²) in [6, 6.07) is 7.62. The molecule has 1 saturated heterocycles. The van der Waals surface area contributed by atoms with E-state index in [0.29, 0.717) is 12.7 Å². The minimum absolute atomic E-state index is 0.126. The number of nitrogens with zero attached hydrogens (tertiary/aromatic N) is 1. The van der Waals surface area contributed by atoms with E-state index in [9.17, 15) is 0 Å². The lowest BCUT2D eigenvalue weighted by Gasteiger charge is -2.20. The first-order valence-corrected chi connectivity index (χ1v) is 7.40. The molecule has 0 aliphatic carbocycles. The van der Waals surface area contributed by atoms with Gasteiger partial charge in [0.1, 0.15) is 19.0 Å². The highest BCUT2D eigenvalue weighted by atomic mass is 16.5. The van der Waals surface area contributed by atoms with E-state index in [1.54, 1.807) is 0 Å². The van der Waals surface area contributed by atoms with E-state index < -0.39 is 0 Å². The lowest BCUT2D eigenvalue weighted by atomic mass is 10.2. The lowest BCUT2D eigenvalue weighted by Crippen LogP contribution is -2.32. The van der Waals surface area contributed by atoms with Crippen LogP contribution in [0.1, 0.15) is 18.4 Å². The molecule has 114 valence electrons. The second-order valence-corrected chi connectivity index (χ2v) is 5.23. The molecule has 0 bridgehead atoms. The topological polar surface area (TPSA) is 41.9 Å². The molecule has 0 amide bonds. The summed E-state index contributed by atoms with van der Waals surface area (Å²) in [7, 11) is 2.09. The Hall–Kier alpha value is -1.54. The van der Waals surface area contributed by atoms with Crippen LogP contribution in [-0.4, -0.2) is 56.1 Å². The van der Waals surface area contributed by atoms with Gasteiger partial charge in [-0.3, -0.25) is 0 Å². The number of rotatable bonds is 6. The average molecular weight is 289 g/mol. The molecule has 0 radical (unpaired) electrons. The molecule has 0 aromatic heterocycles. The third-order valence-electron chi connectivity index (χ3n) is 3.43. The van der Waals surface area contributed by atoms with Crippen LogP contribution in [0.2, 0.25) is 0 Å². The van der Waals surface area contributed by atoms with Crippen molar-refractivity contribution in [1.82, 2.24) is 4.90 Å². The van der Waals surface area contributed by atoms with Gasteiger partial charge >= 0.3 is 0 Å². The maximum absolute atomic E-state index is 8.70. The number of ether oxygens (including phenoxy) is 2. The first-order chi connectivity index (χ1) is 10.3. The van der Waals surface area contributed by atoms with Gasteiger partial charge in [-0.05, 0) is 38.1 Å². The van der Waals surface area contributed by atoms with E-state index >= 15 is 0 Å². The van der Waals surface area contributed by atoms with Crippen molar-refractivity contribution in [2.75, 3.05) is 40.0 Å². The molecule has 1 aromatic carbocycles. The Bertz CT molecular complexity index is 486. The van der Waals surface area contributed by atoms with E-state index in [1.165, 1.54) is 6.42 Å². The minimum Gasteiger partial charge on any atom is -0.492 e. The molecule has 1 atom stereocenters. The van der Waals surface area contributed by atoms with E-state index in [1.807, 2.05) is 24.3 Å². The summed E-state index contributed by atoms with van der Waals surface area (Å²) in [5.41, 5.74) is 0.856. The lowest BCUT2D eigenvalue weighted by molar-refractivity contribution is 0.0771. The predicted molar refractivity (Wildman–Crippen MR) is 82.4 cm³/mol. The molecular weight excluding hydrogens is 266 g/mol. The van der Waals surface area contributed by atoms with Crippen molar-refractivity contribution in [3.8, 4) is 17.6 Å². The molecule has 1 unspecified atom stereocenters. The average Bonchev–Trinajstić information content (AvgIpc) is 2.98. The number of hydrogen-bond acceptors (Lipinski definition) is 4. The highest BCUT2D eigenvalue weighted by Crippen LogP contribution is 2.14. The van der Waals surface area contributed by atoms with Gasteiger partial charge in [0.15, 0.2) is 0 Å². The summed E-state index contributed by atoms with van der Waals surface area (Å²) in [6.07, 6.45) is 2.72. The van der Waals surface area contributed by atoms with Crippen molar-refractivity contribution < 1.29 is 14.6 Å². The molecular formula is C17H23NO3. The van der Waals surface area contributed by atoms with Gasteiger partial charge in [0.25, 0.3) is 0 Å². The molecule has 1 N–H and O–H groups in total. The van der Waals surface area contributed by atoms with Gasteiger partial charge in [0.05, 0.1) is 6.10 Å². The highest BCUT2D eigenvalue weighted by Gasteiger charge is 2.16. The summed E-state index contributed by atoms with van der Waals surface area (Å²) >= 11 is 0.